The number of carbonyl (C=O) groups is 2. The summed E-state index contributed by atoms with van der Waals surface area (Å²) in [5, 5.41) is 8.60. The van der Waals surface area contributed by atoms with Gasteiger partial charge in [0.1, 0.15) is 0 Å². The zero-order chi connectivity index (χ0) is 27.0. The maximum Gasteiger partial charge on any atom is 0.251 e. The minimum Gasteiger partial charge on any atom is -0.351 e. The van der Waals surface area contributed by atoms with E-state index < -0.39 is 0 Å². The molecule has 0 bridgehead atoms. The topological polar surface area (TPSA) is 87.5 Å². The van der Waals surface area contributed by atoms with Gasteiger partial charge in [-0.15, -0.1) is 0 Å². The first-order valence-corrected chi connectivity index (χ1v) is 13.8. The summed E-state index contributed by atoms with van der Waals surface area (Å²) >= 11 is 0. The molecular weight excluding hydrogens is 484 g/mol. The van der Waals surface area contributed by atoms with Crippen LogP contribution in [-0.4, -0.2) is 42.9 Å². The van der Waals surface area contributed by atoms with E-state index in [1.807, 2.05) is 47.4 Å². The Kier molecular flexibility index (Phi) is 8.66. The standard InChI is InChI=1S/C33H36N4O2/c34-17-20-36-32(38)31-14-4-3-13-30(31)27-10-5-7-24(21-27)22-37(33(39)26-15-18-35-19-16-26)23-28-11-6-9-25-8-1-2-12-29(25)28/h1-14,21,26,35H,15-20,22-23,34H2,(H,36,38). The Labute approximate surface area is 230 Å². The number of piperidine rings is 1. The van der Waals surface area contributed by atoms with Crippen LogP contribution in [0.25, 0.3) is 21.9 Å². The lowest BCUT2D eigenvalue weighted by Gasteiger charge is -2.30. The molecule has 1 aliphatic heterocycles. The molecule has 4 aromatic carbocycles. The molecule has 4 N–H and O–H groups in total. The van der Waals surface area contributed by atoms with Gasteiger partial charge in [0, 0.05) is 37.7 Å². The first kappa shape index (κ1) is 26.6. The van der Waals surface area contributed by atoms with Crippen molar-refractivity contribution in [2.45, 2.75) is 25.9 Å². The van der Waals surface area contributed by atoms with Crippen molar-refractivity contribution in [2.75, 3.05) is 26.2 Å². The Balaban J connectivity index is 1.45. The molecule has 0 spiro atoms. The van der Waals surface area contributed by atoms with Gasteiger partial charge < -0.3 is 21.3 Å². The van der Waals surface area contributed by atoms with Crippen LogP contribution in [0.15, 0.2) is 91.0 Å². The first-order chi connectivity index (χ1) is 19.1. The molecule has 5 rings (SSSR count). The monoisotopic (exact) mass is 520 g/mol. The van der Waals surface area contributed by atoms with Crippen LogP contribution in [0.5, 0.6) is 0 Å². The molecule has 6 nitrogen and oxygen atoms in total. The smallest absolute Gasteiger partial charge is 0.251 e. The fourth-order valence-electron chi connectivity index (χ4n) is 5.45. The molecule has 0 saturated carbocycles. The maximum atomic E-state index is 13.9. The molecule has 1 aliphatic rings. The van der Waals surface area contributed by atoms with Crippen molar-refractivity contribution in [3.63, 3.8) is 0 Å². The van der Waals surface area contributed by atoms with Crippen molar-refractivity contribution in [1.82, 2.24) is 15.5 Å². The van der Waals surface area contributed by atoms with Gasteiger partial charge in [0.15, 0.2) is 0 Å². The van der Waals surface area contributed by atoms with E-state index >= 15 is 0 Å². The van der Waals surface area contributed by atoms with Crippen molar-refractivity contribution < 1.29 is 9.59 Å². The Morgan fingerprint density at radius 1 is 0.872 bits per heavy atom. The highest BCUT2D eigenvalue weighted by atomic mass is 16.2. The number of rotatable bonds is 9. The van der Waals surface area contributed by atoms with Crippen molar-refractivity contribution >= 4 is 22.6 Å². The Morgan fingerprint density at radius 2 is 1.62 bits per heavy atom. The predicted octanol–water partition coefficient (Wildman–Crippen LogP) is 4.72. The molecule has 0 radical (unpaired) electrons. The third-order valence-corrected chi connectivity index (χ3v) is 7.45. The van der Waals surface area contributed by atoms with E-state index in [-0.39, 0.29) is 17.7 Å². The van der Waals surface area contributed by atoms with Crippen LogP contribution in [-0.2, 0) is 17.9 Å². The molecule has 0 atom stereocenters. The summed E-state index contributed by atoms with van der Waals surface area (Å²) < 4.78 is 0. The van der Waals surface area contributed by atoms with Gasteiger partial charge in [-0.05, 0) is 71.1 Å². The van der Waals surface area contributed by atoms with Crippen molar-refractivity contribution in [3.8, 4) is 11.1 Å². The van der Waals surface area contributed by atoms with E-state index in [1.54, 1.807) is 0 Å². The zero-order valence-corrected chi connectivity index (χ0v) is 22.2. The number of carbonyl (C=O) groups excluding carboxylic acids is 2. The Bertz CT molecular complexity index is 1440. The van der Waals surface area contributed by atoms with E-state index in [1.165, 1.54) is 10.8 Å². The lowest BCUT2D eigenvalue weighted by atomic mass is 9.95. The molecule has 39 heavy (non-hydrogen) atoms. The number of nitrogens with one attached hydrogen (secondary N) is 2. The van der Waals surface area contributed by atoms with Gasteiger partial charge in [0.2, 0.25) is 5.91 Å². The largest absolute Gasteiger partial charge is 0.351 e. The fraction of sp³-hybridized carbons (Fsp3) is 0.273. The van der Waals surface area contributed by atoms with Gasteiger partial charge in [-0.3, -0.25) is 9.59 Å². The second-order valence-corrected chi connectivity index (χ2v) is 10.1. The molecule has 0 aliphatic carbocycles. The van der Waals surface area contributed by atoms with E-state index in [2.05, 4.69) is 59.2 Å². The first-order valence-electron chi connectivity index (χ1n) is 13.8. The summed E-state index contributed by atoms with van der Waals surface area (Å²) in [5.74, 6) is 0.0906. The fourth-order valence-corrected chi connectivity index (χ4v) is 5.45. The molecule has 2 amide bonds. The van der Waals surface area contributed by atoms with Crippen LogP contribution >= 0.6 is 0 Å². The highest BCUT2D eigenvalue weighted by molar-refractivity contribution is 6.01. The van der Waals surface area contributed by atoms with Gasteiger partial charge in [-0.1, -0.05) is 78.9 Å². The van der Waals surface area contributed by atoms with Crippen LogP contribution < -0.4 is 16.4 Å². The molecule has 6 heteroatoms. The lowest BCUT2D eigenvalue weighted by molar-refractivity contribution is -0.137. The van der Waals surface area contributed by atoms with Crippen molar-refractivity contribution in [2.24, 2.45) is 11.7 Å². The van der Waals surface area contributed by atoms with Gasteiger partial charge in [0.05, 0.1) is 0 Å². The number of nitrogens with zero attached hydrogens (tertiary/aromatic N) is 1. The SMILES string of the molecule is NCCNC(=O)c1ccccc1-c1cccc(CN(Cc2cccc3ccccc23)C(=O)C2CCNCC2)c1. The van der Waals surface area contributed by atoms with E-state index in [0.717, 1.165) is 48.2 Å². The Morgan fingerprint density at radius 3 is 2.46 bits per heavy atom. The molecule has 1 fully saturated rings. The highest BCUT2D eigenvalue weighted by Crippen LogP contribution is 2.27. The number of hydrogen-bond acceptors (Lipinski definition) is 4. The second kappa shape index (κ2) is 12.7. The summed E-state index contributed by atoms with van der Waals surface area (Å²) in [6.07, 6.45) is 1.71. The highest BCUT2D eigenvalue weighted by Gasteiger charge is 2.26. The summed E-state index contributed by atoms with van der Waals surface area (Å²) in [5.41, 5.74) is 10.2. The lowest BCUT2D eigenvalue weighted by Crippen LogP contribution is -2.40. The van der Waals surface area contributed by atoms with Gasteiger partial charge in [-0.2, -0.15) is 0 Å². The number of benzene rings is 4. The van der Waals surface area contributed by atoms with Gasteiger partial charge in [-0.25, -0.2) is 0 Å². The van der Waals surface area contributed by atoms with Crippen LogP contribution in [0, 0.1) is 5.92 Å². The summed E-state index contributed by atoms with van der Waals surface area (Å²) in [7, 11) is 0. The normalized spacial score (nSPS) is 13.8. The van der Waals surface area contributed by atoms with Crippen molar-refractivity contribution in [1.29, 1.82) is 0 Å². The molecular formula is C33H36N4O2. The van der Waals surface area contributed by atoms with Crippen molar-refractivity contribution in [3.05, 3.63) is 108 Å². The predicted molar refractivity (Wildman–Crippen MR) is 157 cm³/mol. The minimum atomic E-state index is -0.139. The number of hydrogen-bond donors (Lipinski definition) is 3. The van der Waals surface area contributed by atoms with Crippen LogP contribution in [0.1, 0.15) is 34.3 Å². The van der Waals surface area contributed by atoms with E-state index in [0.29, 0.717) is 31.7 Å². The number of fused-ring (bicyclic) bond motifs is 1. The molecule has 0 unspecified atom stereocenters. The zero-order valence-electron chi connectivity index (χ0n) is 22.2. The maximum absolute atomic E-state index is 13.9. The summed E-state index contributed by atoms with van der Waals surface area (Å²) in [6.45, 7) is 3.61. The summed E-state index contributed by atoms with van der Waals surface area (Å²) in [6, 6.07) is 30.4. The van der Waals surface area contributed by atoms with E-state index in [4.69, 9.17) is 5.73 Å². The van der Waals surface area contributed by atoms with Gasteiger partial charge >= 0.3 is 0 Å². The second-order valence-electron chi connectivity index (χ2n) is 10.1. The van der Waals surface area contributed by atoms with Crippen LogP contribution in [0.3, 0.4) is 0 Å². The number of nitrogens with two attached hydrogens (primary N) is 1. The molecule has 1 heterocycles. The average molecular weight is 521 g/mol. The molecule has 0 aromatic heterocycles. The quantitative estimate of drug-likeness (QED) is 0.298. The third-order valence-electron chi connectivity index (χ3n) is 7.45. The van der Waals surface area contributed by atoms with Gasteiger partial charge in [0.25, 0.3) is 5.91 Å². The Hall–Kier alpha value is -4.00. The third kappa shape index (κ3) is 6.36. The minimum absolute atomic E-state index is 0.0244. The van der Waals surface area contributed by atoms with E-state index in [9.17, 15) is 9.59 Å². The van der Waals surface area contributed by atoms with Crippen LogP contribution in [0.2, 0.25) is 0 Å². The van der Waals surface area contributed by atoms with Crippen LogP contribution in [0.4, 0.5) is 0 Å². The average Bonchev–Trinajstić information content (AvgIpc) is 3.00. The molecule has 4 aromatic rings. The molecule has 200 valence electrons. The molecule has 1 saturated heterocycles. The summed E-state index contributed by atoms with van der Waals surface area (Å²) in [4.78, 5) is 28.7. The number of amides is 2.